The molecule has 4 aliphatic rings. The summed E-state index contributed by atoms with van der Waals surface area (Å²) in [6, 6.07) is 7.09. The van der Waals surface area contributed by atoms with E-state index in [0.29, 0.717) is 10.7 Å². The summed E-state index contributed by atoms with van der Waals surface area (Å²) in [5, 5.41) is 0.459. The molecular formula is C17H14ClNO2. The van der Waals surface area contributed by atoms with Crippen molar-refractivity contribution in [1.82, 2.24) is 0 Å². The molecule has 0 unspecified atom stereocenters. The van der Waals surface area contributed by atoms with E-state index < -0.39 is 0 Å². The first kappa shape index (κ1) is 12.0. The van der Waals surface area contributed by atoms with Crippen LogP contribution in [-0.2, 0) is 9.59 Å². The van der Waals surface area contributed by atoms with Crippen molar-refractivity contribution in [3.8, 4) is 0 Å². The van der Waals surface area contributed by atoms with Crippen molar-refractivity contribution >= 4 is 29.1 Å². The summed E-state index contributed by atoms with van der Waals surface area (Å²) in [6.45, 7) is 0. The van der Waals surface area contributed by atoms with E-state index in [-0.39, 0.29) is 40.9 Å². The van der Waals surface area contributed by atoms with Gasteiger partial charge < -0.3 is 0 Å². The molecule has 1 aromatic carbocycles. The Morgan fingerprint density at radius 1 is 1.00 bits per heavy atom. The van der Waals surface area contributed by atoms with Gasteiger partial charge in [-0.1, -0.05) is 35.9 Å². The van der Waals surface area contributed by atoms with Gasteiger partial charge in [-0.25, -0.2) is 4.90 Å². The van der Waals surface area contributed by atoms with Crippen molar-refractivity contribution in [2.45, 2.75) is 12.8 Å². The highest BCUT2D eigenvalue weighted by Gasteiger charge is 2.73. The van der Waals surface area contributed by atoms with Gasteiger partial charge in [0.1, 0.15) is 0 Å². The van der Waals surface area contributed by atoms with E-state index in [9.17, 15) is 9.59 Å². The highest BCUT2D eigenvalue weighted by atomic mass is 35.5. The van der Waals surface area contributed by atoms with E-state index in [1.807, 2.05) is 12.1 Å². The smallest absolute Gasteiger partial charge is 0.238 e. The quantitative estimate of drug-likeness (QED) is 0.590. The third-order valence-corrected chi connectivity index (χ3v) is 6.27. The van der Waals surface area contributed by atoms with Crippen molar-refractivity contribution in [1.29, 1.82) is 0 Å². The lowest BCUT2D eigenvalue weighted by Crippen LogP contribution is -2.34. The molecule has 3 aliphatic carbocycles. The first-order valence-electron chi connectivity index (χ1n) is 7.46. The highest BCUT2D eigenvalue weighted by molar-refractivity contribution is 6.36. The molecule has 21 heavy (non-hydrogen) atoms. The Hall–Kier alpha value is -1.61. The second kappa shape index (κ2) is 3.58. The topological polar surface area (TPSA) is 37.4 Å². The van der Waals surface area contributed by atoms with Gasteiger partial charge >= 0.3 is 0 Å². The lowest BCUT2D eigenvalue weighted by atomic mass is 9.85. The molecular weight excluding hydrogens is 286 g/mol. The maximum Gasteiger partial charge on any atom is 0.238 e. The first-order valence-corrected chi connectivity index (χ1v) is 7.84. The summed E-state index contributed by atoms with van der Waals surface area (Å²) < 4.78 is 0. The molecule has 3 nitrogen and oxygen atoms in total. The van der Waals surface area contributed by atoms with Crippen molar-refractivity contribution in [2.75, 3.05) is 4.90 Å². The first-order chi connectivity index (χ1) is 10.1. The summed E-state index contributed by atoms with van der Waals surface area (Å²) >= 11 is 6.19. The third kappa shape index (κ3) is 1.23. The van der Waals surface area contributed by atoms with Crippen LogP contribution in [0, 0.1) is 29.1 Å². The molecule has 4 heteroatoms. The normalized spacial score (nSPS) is 37.7. The maximum absolute atomic E-state index is 12.9. The van der Waals surface area contributed by atoms with Gasteiger partial charge in [0.2, 0.25) is 11.8 Å². The molecule has 106 valence electrons. The van der Waals surface area contributed by atoms with Crippen LogP contribution in [0.5, 0.6) is 0 Å². The SMILES string of the molecule is O=C1[C@@H]2[C@@H](C(=O)N1c1ccccc1Cl)[C@@H]1C=C[C@H]2C12CC2. The number of fused-ring (bicyclic) bond motifs is 3. The van der Waals surface area contributed by atoms with Crippen molar-refractivity contribution in [3.63, 3.8) is 0 Å². The largest absolute Gasteiger partial charge is 0.274 e. The fourth-order valence-electron chi connectivity index (χ4n) is 4.95. The number of allylic oxidation sites excluding steroid dienone is 2. The summed E-state index contributed by atoms with van der Waals surface area (Å²) in [4.78, 5) is 27.1. The maximum atomic E-state index is 12.9. The summed E-state index contributed by atoms with van der Waals surface area (Å²) in [5.41, 5.74) is 0.778. The third-order valence-electron chi connectivity index (χ3n) is 5.95. The number of hydrogen-bond acceptors (Lipinski definition) is 2. The lowest BCUT2D eigenvalue weighted by Gasteiger charge is -2.22. The van der Waals surface area contributed by atoms with Gasteiger partial charge in [-0.2, -0.15) is 0 Å². The average Bonchev–Trinajstić information content (AvgIpc) is 3.07. The molecule has 0 radical (unpaired) electrons. The minimum absolute atomic E-state index is 0.0544. The Morgan fingerprint density at radius 3 is 2.10 bits per heavy atom. The van der Waals surface area contributed by atoms with Crippen LogP contribution in [0.4, 0.5) is 5.69 Å². The van der Waals surface area contributed by atoms with Crippen LogP contribution in [0.25, 0.3) is 0 Å². The number of nitrogens with zero attached hydrogens (tertiary/aromatic N) is 1. The van der Waals surface area contributed by atoms with E-state index in [1.54, 1.807) is 12.1 Å². The van der Waals surface area contributed by atoms with Gasteiger partial charge in [0.05, 0.1) is 22.5 Å². The highest BCUT2D eigenvalue weighted by Crippen LogP contribution is 2.73. The number of hydrogen-bond donors (Lipinski definition) is 0. The monoisotopic (exact) mass is 299 g/mol. The Kier molecular flexibility index (Phi) is 2.05. The van der Waals surface area contributed by atoms with Gasteiger partial charge in [-0.05, 0) is 42.2 Å². The number of rotatable bonds is 1. The number of halogens is 1. The number of amides is 2. The predicted molar refractivity (Wildman–Crippen MR) is 78.7 cm³/mol. The van der Waals surface area contributed by atoms with Crippen LogP contribution in [0.3, 0.4) is 0 Å². The summed E-state index contributed by atoms with van der Waals surface area (Å²) in [7, 11) is 0. The number of carbonyl (C=O) groups excluding carboxylic acids is 2. The molecule has 2 amide bonds. The predicted octanol–water partition coefficient (Wildman–Crippen LogP) is 3.04. The molecule has 2 saturated carbocycles. The van der Waals surface area contributed by atoms with Crippen molar-refractivity contribution in [3.05, 3.63) is 41.4 Å². The van der Waals surface area contributed by atoms with E-state index in [1.165, 1.54) is 4.90 Å². The molecule has 1 spiro atoms. The van der Waals surface area contributed by atoms with Crippen LogP contribution in [0.2, 0.25) is 5.02 Å². The second-order valence-electron chi connectivity index (χ2n) is 6.68. The lowest BCUT2D eigenvalue weighted by molar-refractivity contribution is -0.123. The van der Waals surface area contributed by atoms with Crippen molar-refractivity contribution in [2.24, 2.45) is 29.1 Å². The Balaban J connectivity index is 1.61. The average molecular weight is 300 g/mol. The van der Waals surface area contributed by atoms with Gasteiger partial charge in [0, 0.05) is 0 Å². The van der Waals surface area contributed by atoms with E-state index in [4.69, 9.17) is 11.6 Å². The minimum Gasteiger partial charge on any atom is -0.274 e. The molecule has 1 aliphatic heterocycles. The molecule has 3 fully saturated rings. The van der Waals surface area contributed by atoms with Crippen molar-refractivity contribution < 1.29 is 9.59 Å². The Bertz CT molecular complexity index is 687. The zero-order valence-corrected chi connectivity index (χ0v) is 12.1. The zero-order chi connectivity index (χ0) is 14.4. The van der Waals surface area contributed by atoms with Crippen LogP contribution in [-0.4, -0.2) is 11.8 Å². The van der Waals surface area contributed by atoms with Crippen LogP contribution in [0.1, 0.15) is 12.8 Å². The molecule has 5 rings (SSSR count). The van der Waals surface area contributed by atoms with Gasteiger partial charge in [-0.3, -0.25) is 9.59 Å². The molecule has 1 heterocycles. The van der Waals surface area contributed by atoms with Gasteiger partial charge in [0.15, 0.2) is 0 Å². The van der Waals surface area contributed by atoms with E-state index in [2.05, 4.69) is 12.2 Å². The number of anilines is 1. The van der Waals surface area contributed by atoms with Crippen LogP contribution < -0.4 is 4.90 Å². The summed E-state index contributed by atoms with van der Waals surface area (Å²) in [5.74, 6) is 0.0906. The molecule has 1 aromatic rings. The number of imide groups is 1. The fraction of sp³-hybridized carbons (Fsp3) is 0.412. The number of benzene rings is 1. The Labute approximate surface area is 127 Å². The van der Waals surface area contributed by atoms with E-state index in [0.717, 1.165) is 12.8 Å². The zero-order valence-electron chi connectivity index (χ0n) is 11.3. The fourth-order valence-corrected chi connectivity index (χ4v) is 5.17. The molecule has 1 saturated heterocycles. The van der Waals surface area contributed by atoms with Crippen LogP contribution in [0.15, 0.2) is 36.4 Å². The second-order valence-corrected chi connectivity index (χ2v) is 7.09. The van der Waals surface area contributed by atoms with Gasteiger partial charge in [-0.15, -0.1) is 0 Å². The number of para-hydroxylation sites is 1. The van der Waals surface area contributed by atoms with E-state index >= 15 is 0 Å². The summed E-state index contributed by atoms with van der Waals surface area (Å²) in [6.07, 6.45) is 6.68. The molecule has 0 N–H and O–H groups in total. The standard InChI is InChI=1S/C17H14ClNO2/c18-11-3-1-2-4-12(11)19-15(20)13-9-5-6-10(14(13)16(19)21)17(9)7-8-17/h1-6,9-10,13-14H,7-8H2/t9-,10+,13-,14-/m0/s1. The Morgan fingerprint density at radius 2 is 1.57 bits per heavy atom. The molecule has 0 aromatic heterocycles. The number of carbonyl (C=O) groups is 2. The molecule has 2 bridgehead atoms. The minimum atomic E-state index is -0.161. The van der Waals surface area contributed by atoms with Crippen LogP contribution >= 0.6 is 11.6 Å². The van der Waals surface area contributed by atoms with Gasteiger partial charge in [0.25, 0.3) is 0 Å². The molecule has 4 atom stereocenters.